The van der Waals surface area contributed by atoms with Gasteiger partial charge in [0.05, 0.1) is 5.52 Å². The van der Waals surface area contributed by atoms with E-state index in [0.29, 0.717) is 22.3 Å². The van der Waals surface area contributed by atoms with Crippen molar-refractivity contribution in [2.24, 2.45) is 0 Å². The zero-order valence-corrected chi connectivity index (χ0v) is 14.6. The molecule has 1 aromatic heterocycles. The highest BCUT2D eigenvalue weighted by Crippen LogP contribution is 2.51. The largest absolute Gasteiger partial charge is 0.504 e. The van der Waals surface area contributed by atoms with Gasteiger partial charge < -0.3 is 20.4 Å². The molecule has 0 unspecified atom stereocenters. The van der Waals surface area contributed by atoms with Gasteiger partial charge in [0.25, 0.3) is 0 Å². The van der Waals surface area contributed by atoms with Crippen molar-refractivity contribution in [2.75, 3.05) is 0 Å². The maximum absolute atomic E-state index is 10.0. The van der Waals surface area contributed by atoms with Crippen LogP contribution in [0.3, 0.4) is 0 Å². The van der Waals surface area contributed by atoms with Crippen molar-refractivity contribution in [3.8, 4) is 34.1 Å². The summed E-state index contributed by atoms with van der Waals surface area (Å²) in [5.74, 6) is -0.947. The average Bonchev–Trinajstić information content (AvgIpc) is 2.95. The fourth-order valence-electron chi connectivity index (χ4n) is 3.74. The Hall–Kier alpha value is -3.99. The van der Waals surface area contributed by atoms with E-state index in [1.165, 1.54) is 24.3 Å². The van der Waals surface area contributed by atoms with E-state index >= 15 is 0 Å². The van der Waals surface area contributed by atoms with Crippen LogP contribution in [0.4, 0.5) is 0 Å². The molecule has 4 aromatic rings. The Kier molecular flexibility index (Phi) is 3.33. The van der Waals surface area contributed by atoms with Crippen molar-refractivity contribution in [3.63, 3.8) is 0 Å². The lowest BCUT2D eigenvalue weighted by Gasteiger charge is -2.07. The Labute approximate surface area is 160 Å². The molecular formula is C23H15NO4. The first-order chi connectivity index (χ1) is 13.5. The Balaban J connectivity index is 1.84. The Morgan fingerprint density at radius 1 is 0.643 bits per heavy atom. The first kappa shape index (κ1) is 16.2. The number of hydrogen-bond acceptors (Lipinski definition) is 5. The van der Waals surface area contributed by atoms with Crippen molar-refractivity contribution in [2.45, 2.75) is 0 Å². The van der Waals surface area contributed by atoms with Gasteiger partial charge in [-0.15, -0.1) is 0 Å². The zero-order chi connectivity index (χ0) is 19.4. The van der Waals surface area contributed by atoms with Gasteiger partial charge in [0, 0.05) is 11.6 Å². The third-order valence-electron chi connectivity index (χ3n) is 5.08. The predicted octanol–water partition coefficient (Wildman–Crippen LogP) is 4.63. The number of aromatic nitrogens is 1. The maximum atomic E-state index is 10.0. The van der Waals surface area contributed by atoms with Crippen LogP contribution in [0.5, 0.6) is 23.0 Å². The number of phenolic OH excluding ortho intramolecular Hbond substituents is 4. The second-order valence-corrected chi connectivity index (χ2v) is 6.75. The molecule has 0 radical (unpaired) electrons. The van der Waals surface area contributed by atoms with Gasteiger partial charge in [0.15, 0.2) is 23.0 Å². The monoisotopic (exact) mass is 369 g/mol. The van der Waals surface area contributed by atoms with Gasteiger partial charge in [-0.05, 0) is 75.9 Å². The molecule has 1 aliphatic rings. The summed E-state index contributed by atoms with van der Waals surface area (Å²) < 4.78 is 0. The van der Waals surface area contributed by atoms with Crippen LogP contribution in [0, 0.1) is 0 Å². The van der Waals surface area contributed by atoms with E-state index in [2.05, 4.69) is 4.98 Å². The van der Waals surface area contributed by atoms with Crippen LogP contribution in [0.2, 0.25) is 0 Å². The molecule has 1 aliphatic carbocycles. The van der Waals surface area contributed by atoms with Crippen LogP contribution in [0.25, 0.3) is 33.7 Å². The lowest BCUT2D eigenvalue weighted by molar-refractivity contribution is 0.403. The summed E-state index contributed by atoms with van der Waals surface area (Å²) in [6, 6.07) is 15.6. The van der Waals surface area contributed by atoms with Crippen LogP contribution in [-0.2, 0) is 0 Å². The molecule has 5 rings (SSSR count). The number of pyridine rings is 1. The lowest BCUT2D eigenvalue weighted by atomic mass is 9.99. The number of aromatic hydroxyl groups is 4. The minimum atomic E-state index is -0.243. The SMILES string of the molecule is Oc1cc2c(cc1O)-c1cc(O)c(O)cc1C2=Cc1ccnc2ccccc12. The van der Waals surface area contributed by atoms with Gasteiger partial charge in [-0.1, -0.05) is 18.2 Å². The van der Waals surface area contributed by atoms with Crippen molar-refractivity contribution in [1.29, 1.82) is 0 Å². The van der Waals surface area contributed by atoms with Crippen molar-refractivity contribution < 1.29 is 20.4 Å². The fourth-order valence-corrected chi connectivity index (χ4v) is 3.74. The van der Waals surface area contributed by atoms with Crippen molar-refractivity contribution >= 4 is 22.6 Å². The molecular weight excluding hydrogens is 354 g/mol. The van der Waals surface area contributed by atoms with E-state index in [1.54, 1.807) is 6.20 Å². The highest BCUT2D eigenvalue weighted by molar-refractivity contribution is 6.09. The van der Waals surface area contributed by atoms with Crippen LogP contribution in [0.15, 0.2) is 60.8 Å². The molecule has 3 aromatic carbocycles. The first-order valence-corrected chi connectivity index (χ1v) is 8.71. The Morgan fingerprint density at radius 3 is 1.79 bits per heavy atom. The number of hydrogen-bond donors (Lipinski definition) is 4. The number of phenols is 4. The van der Waals surface area contributed by atoms with E-state index in [-0.39, 0.29) is 23.0 Å². The molecule has 0 bridgehead atoms. The third-order valence-corrected chi connectivity index (χ3v) is 5.08. The highest BCUT2D eigenvalue weighted by Gasteiger charge is 2.27. The average molecular weight is 369 g/mol. The molecule has 0 fully saturated rings. The van der Waals surface area contributed by atoms with Crippen LogP contribution >= 0.6 is 0 Å². The van der Waals surface area contributed by atoms with Gasteiger partial charge in [-0.25, -0.2) is 0 Å². The molecule has 5 nitrogen and oxygen atoms in total. The van der Waals surface area contributed by atoms with Gasteiger partial charge in [0.1, 0.15) is 0 Å². The Bertz CT molecular complexity index is 1240. The third kappa shape index (κ3) is 2.30. The lowest BCUT2D eigenvalue weighted by Crippen LogP contribution is -1.86. The zero-order valence-electron chi connectivity index (χ0n) is 14.6. The van der Waals surface area contributed by atoms with Crippen LogP contribution in [0.1, 0.15) is 16.7 Å². The minimum Gasteiger partial charge on any atom is -0.504 e. The van der Waals surface area contributed by atoms with Gasteiger partial charge >= 0.3 is 0 Å². The molecule has 136 valence electrons. The summed E-state index contributed by atoms with van der Waals surface area (Å²) in [4.78, 5) is 4.38. The molecule has 4 N–H and O–H groups in total. The number of para-hydroxylation sites is 1. The summed E-state index contributed by atoms with van der Waals surface area (Å²) in [7, 11) is 0. The normalized spacial score (nSPS) is 12.1. The second kappa shape index (κ2) is 5.76. The second-order valence-electron chi connectivity index (χ2n) is 6.75. The topological polar surface area (TPSA) is 93.8 Å². The van der Waals surface area contributed by atoms with Crippen LogP contribution < -0.4 is 0 Å². The Morgan fingerprint density at radius 2 is 1.18 bits per heavy atom. The molecule has 0 aliphatic heterocycles. The van der Waals surface area contributed by atoms with Crippen LogP contribution in [-0.4, -0.2) is 25.4 Å². The molecule has 0 spiro atoms. The summed E-state index contributed by atoms with van der Waals surface area (Å²) >= 11 is 0. The van der Waals surface area contributed by atoms with Crippen molar-refractivity contribution in [3.05, 3.63) is 77.5 Å². The molecule has 1 heterocycles. The quantitative estimate of drug-likeness (QED) is 0.323. The van der Waals surface area contributed by atoms with E-state index < -0.39 is 0 Å². The number of benzene rings is 3. The smallest absolute Gasteiger partial charge is 0.158 e. The summed E-state index contributed by atoms with van der Waals surface area (Å²) in [6.07, 6.45) is 3.69. The highest BCUT2D eigenvalue weighted by atomic mass is 16.3. The molecule has 0 atom stereocenters. The maximum Gasteiger partial charge on any atom is 0.158 e. The molecule has 0 saturated heterocycles. The predicted molar refractivity (Wildman–Crippen MR) is 107 cm³/mol. The van der Waals surface area contributed by atoms with E-state index in [9.17, 15) is 20.4 Å². The van der Waals surface area contributed by atoms with E-state index in [1.807, 2.05) is 36.4 Å². The van der Waals surface area contributed by atoms with Gasteiger partial charge in [-0.3, -0.25) is 4.98 Å². The summed E-state index contributed by atoms with van der Waals surface area (Å²) in [6.45, 7) is 0. The number of rotatable bonds is 1. The molecule has 0 saturated carbocycles. The molecule has 28 heavy (non-hydrogen) atoms. The van der Waals surface area contributed by atoms with E-state index in [0.717, 1.165) is 22.0 Å². The molecule has 0 amide bonds. The molecule has 5 heteroatoms. The van der Waals surface area contributed by atoms with Crippen molar-refractivity contribution in [1.82, 2.24) is 4.98 Å². The number of fused-ring (bicyclic) bond motifs is 4. The van der Waals surface area contributed by atoms with Gasteiger partial charge in [-0.2, -0.15) is 0 Å². The standard InChI is InChI=1S/C23H15NO4/c25-20-8-15-14(7-12-5-6-24-19-4-2-1-3-13(12)19)16-9-21(26)23(28)11-18(16)17(15)10-22(20)27/h1-11,25-28H. The fraction of sp³-hybridized carbons (Fsp3) is 0. The number of nitrogens with zero attached hydrogens (tertiary/aromatic N) is 1. The first-order valence-electron chi connectivity index (χ1n) is 8.71. The van der Waals surface area contributed by atoms with E-state index in [4.69, 9.17) is 0 Å². The van der Waals surface area contributed by atoms with Gasteiger partial charge in [0.2, 0.25) is 0 Å². The summed E-state index contributed by atoms with van der Waals surface area (Å²) in [5.41, 5.74) is 5.31. The minimum absolute atomic E-state index is 0.231. The summed E-state index contributed by atoms with van der Waals surface area (Å²) in [5, 5.41) is 41.0.